The van der Waals surface area contributed by atoms with E-state index in [0.29, 0.717) is 19.6 Å². The SMILES string of the molecule is Cc1cnc(C2CCOCC2)c(NC(=O)N[C@@H]2c3ccccc3C(C)(C)C[C@H]2O)c1. The van der Waals surface area contributed by atoms with Crippen LogP contribution in [-0.2, 0) is 10.2 Å². The second-order valence-corrected chi connectivity index (χ2v) is 9.15. The summed E-state index contributed by atoms with van der Waals surface area (Å²) >= 11 is 0. The molecule has 160 valence electrons. The number of amides is 2. The summed E-state index contributed by atoms with van der Waals surface area (Å²) in [5.41, 5.74) is 4.64. The number of aryl methyl sites for hydroxylation is 1. The third-order valence-electron chi connectivity index (χ3n) is 6.33. The highest BCUT2D eigenvalue weighted by molar-refractivity contribution is 5.90. The minimum Gasteiger partial charge on any atom is -0.391 e. The lowest BCUT2D eigenvalue weighted by atomic mass is 9.70. The standard InChI is InChI=1S/C24H31N3O3/c1-15-12-19(21(25-14-15)16-8-10-30-11-9-16)26-23(29)27-22-17-6-4-5-7-18(17)24(2,3)13-20(22)28/h4-7,12,14,16,20,22,28H,8-11,13H2,1-3H3,(H2,26,27,29)/t20-,22-/m1/s1. The average Bonchev–Trinajstić information content (AvgIpc) is 2.72. The summed E-state index contributed by atoms with van der Waals surface area (Å²) < 4.78 is 5.47. The highest BCUT2D eigenvalue weighted by Gasteiger charge is 2.39. The lowest BCUT2D eigenvalue weighted by Crippen LogP contribution is -2.45. The Balaban J connectivity index is 1.55. The van der Waals surface area contributed by atoms with Gasteiger partial charge in [-0.1, -0.05) is 38.1 Å². The van der Waals surface area contributed by atoms with E-state index in [9.17, 15) is 9.90 Å². The molecule has 2 atom stereocenters. The van der Waals surface area contributed by atoms with E-state index in [1.807, 2.05) is 37.4 Å². The Morgan fingerprint density at radius 3 is 2.73 bits per heavy atom. The van der Waals surface area contributed by atoms with Crippen LogP contribution in [0.1, 0.15) is 67.5 Å². The summed E-state index contributed by atoms with van der Waals surface area (Å²) in [6.07, 6.45) is 3.59. The van der Waals surface area contributed by atoms with E-state index in [2.05, 4.69) is 35.5 Å². The first kappa shape index (κ1) is 20.8. The smallest absolute Gasteiger partial charge is 0.319 e. The van der Waals surface area contributed by atoms with Crippen LogP contribution in [0.25, 0.3) is 0 Å². The van der Waals surface area contributed by atoms with Crippen LogP contribution in [0.5, 0.6) is 0 Å². The van der Waals surface area contributed by atoms with E-state index in [-0.39, 0.29) is 17.4 Å². The van der Waals surface area contributed by atoms with Gasteiger partial charge in [-0.25, -0.2) is 4.79 Å². The highest BCUT2D eigenvalue weighted by Crippen LogP contribution is 2.41. The molecule has 2 aliphatic rings. The highest BCUT2D eigenvalue weighted by atomic mass is 16.5. The molecule has 1 aromatic carbocycles. The first-order valence-electron chi connectivity index (χ1n) is 10.7. The van der Waals surface area contributed by atoms with E-state index in [1.54, 1.807) is 0 Å². The minimum atomic E-state index is -0.647. The maximum Gasteiger partial charge on any atom is 0.319 e. The van der Waals surface area contributed by atoms with E-state index in [4.69, 9.17) is 4.74 Å². The summed E-state index contributed by atoms with van der Waals surface area (Å²) in [6, 6.07) is 9.23. The van der Waals surface area contributed by atoms with E-state index >= 15 is 0 Å². The van der Waals surface area contributed by atoms with Crippen LogP contribution in [-0.4, -0.2) is 35.4 Å². The molecule has 3 N–H and O–H groups in total. The monoisotopic (exact) mass is 409 g/mol. The number of rotatable bonds is 3. The molecule has 4 rings (SSSR count). The Labute approximate surface area is 178 Å². The van der Waals surface area contributed by atoms with Gasteiger partial charge in [0.1, 0.15) is 0 Å². The number of aliphatic hydroxyl groups is 1. The normalized spacial score (nSPS) is 23.5. The van der Waals surface area contributed by atoms with Crippen molar-refractivity contribution in [3.05, 3.63) is 58.9 Å². The largest absolute Gasteiger partial charge is 0.391 e. The number of nitrogens with one attached hydrogen (secondary N) is 2. The molecular weight excluding hydrogens is 378 g/mol. The molecule has 2 aromatic rings. The van der Waals surface area contributed by atoms with Crippen LogP contribution in [0.3, 0.4) is 0 Å². The van der Waals surface area contributed by atoms with Crippen molar-refractivity contribution in [3.63, 3.8) is 0 Å². The van der Waals surface area contributed by atoms with E-state index < -0.39 is 12.1 Å². The fourth-order valence-corrected chi connectivity index (χ4v) is 4.79. The molecule has 6 heteroatoms. The molecule has 0 saturated carbocycles. The first-order valence-corrected chi connectivity index (χ1v) is 10.7. The van der Waals surface area contributed by atoms with E-state index in [1.165, 1.54) is 5.56 Å². The van der Waals surface area contributed by atoms with Gasteiger partial charge < -0.3 is 20.5 Å². The fourth-order valence-electron chi connectivity index (χ4n) is 4.79. The topological polar surface area (TPSA) is 83.5 Å². The second-order valence-electron chi connectivity index (χ2n) is 9.15. The molecule has 1 aromatic heterocycles. The van der Waals surface area contributed by atoms with Crippen LogP contribution in [0.15, 0.2) is 36.5 Å². The van der Waals surface area contributed by atoms with Crippen LogP contribution in [0, 0.1) is 6.92 Å². The number of aromatic nitrogens is 1. The zero-order chi connectivity index (χ0) is 21.3. The van der Waals surface area contributed by atoms with Crippen LogP contribution in [0.2, 0.25) is 0 Å². The van der Waals surface area contributed by atoms with Crippen molar-refractivity contribution in [2.24, 2.45) is 0 Å². The molecule has 1 aliphatic carbocycles. The van der Waals surface area contributed by atoms with Gasteiger partial charge in [0.05, 0.1) is 23.5 Å². The second kappa shape index (κ2) is 8.36. The lowest BCUT2D eigenvalue weighted by Gasteiger charge is -2.40. The maximum atomic E-state index is 13.0. The van der Waals surface area contributed by atoms with Crippen molar-refractivity contribution in [3.8, 4) is 0 Å². The predicted molar refractivity (Wildman–Crippen MR) is 117 cm³/mol. The number of nitrogens with zero attached hydrogens (tertiary/aromatic N) is 1. The lowest BCUT2D eigenvalue weighted by molar-refractivity contribution is 0.0846. The molecule has 2 heterocycles. The van der Waals surface area contributed by atoms with Crippen molar-refractivity contribution in [2.45, 2.75) is 63.5 Å². The Morgan fingerprint density at radius 1 is 1.23 bits per heavy atom. The Hall–Kier alpha value is -2.44. The van der Waals surface area contributed by atoms with Gasteiger partial charge >= 0.3 is 6.03 Å². The number of pyridine rings is 1. The van der Waals surface area contributed by atoms with Gasteiger partial charge in [0.15, 0.2) is 0 Å². The number of fused-ring (bicyclic) bond motifs is 1. The number of hydrogen-bond acceptors (Lipinski definition) is 4. The molecule has 0 spiro atoms. The summed E-state index contributed by atoms with van der Waals surface area (Å²) in [5.74, 6) is 0.274. The average molecular weight is 410 g/mol. The molecule has 6 nitrogen and oxygen atoms in total. The Kier molecular flexibility index (Phi) is 5.80. The number of benzene rings is 1. The van der Waals surface area contributed by atoms with Gasteiger partial charge in [0.2, 0.25) is 0 Å². The summed E-state index contributed by atoms with van der Waals surface area (Å²) in [5, 5.41) is 16.8. The maximum absolute atomic E-state index is 13.0. The summed E-state index contributed by atoms with van der Waals surface area (Å²) in [6.45, 7) is 7.65. The van der Waals surface area contributed by atoms with Crippen LogP contribution >= 0.6 is 0 Å². The number of anilines is 1. The third-order valence-corrected chi connectivity index (χ3v) is 6.33. The molecule has 0 bridgehead atoms. The molecule has 1 aliphatic heterocycles. The Bertz CT molecular complexity index is 922. The number of hydrogen-bond donors (Lipinski definition) is 3. The van der Waals surface area contributed by atoms with Crippen LogP contribution in [0.4, 0.5) is 10.5 Å². The molecule has 1 fully saturated rings. The third kappa shape index (κ3) is 4.20. The van der Waals surface area contributed by atoms with Crippen molar-refractivity contribution >= 4 is 11.7 Å². The minimum absolute atomic E-state index is 0.138. The van der Waals surface area contributed by atoms with Gasteiger partial charge in [0.25, 0.3) is 0 Å². The number of carbonyl (C=O) groups excluding carboxylic acids is 1. The molecule has 2 amide bonds. The fraction of sp³-hybridized carbons (Fsp3) is 0.500. The number of aliphatic hydroxyl groups excluding tert-OH is 1. The van der Waals surface area contributed by atoms with Gasteiger partial charge in [-0.05, 0) is 54.4 Å². The van der Waals surface area contributed by atoms with Gasteiger partial charge in [0, 0.05) is 25.3 Å². The zero-order valence-electron chi connectivity index (χ0n) is 17.9. The molecule has 30 heavy (non-hydrogen) atoms. The van der Waals surface area contributed by atoms with Crippen molar-refractivity contribution in [2.75, 3.05) is 18.5 Å². The van der Waals surface area contributed by atoms with E-state index in [0.717, 1.165) is 35.3 Å². The van der Waals surface area contributed by atoms with Gasteiger partial charge in [-0.15, -0.1) is 0 Å². The summed E-state index contributed by atoms with van der Waals surface area (Å²) in [7, 11) is 0. The van der Waals surface area contributed by atoms with Gasteiger partial charge in [-0.3, -0.25) is 4.98 Å². The van der Waals surface area contributed by atoms with Crippen molar-refractivity contribution in [1.29, 1.82) is 0 Å². The number of ether oxygens (including phenoxy) is 1. The van der Waals surface area contributed by atoms with Crippen molar-refractivity contribution < 1.29 is 14.6 Å². The zero-order valence-corrected chi connectivity index (χ0v) is 17.9. The quantitative estimate of drug-likeness (QED) is 0.710. The molecule has 0 unspecified atom stereocenters. The van der Waals surface area contributed by atoms with Gasteiger partial charge in [-0.2, -0.15) is 0 Å². The molecular formula is C24H31N3O3. The number of urea groups is 1. The Morgan fingerprint density at radius 2 is 1.97 bits per heavy atom. The molecule has 0 radical (unpaired) electrons. The molecule has 1 saturated heterocycles. The van der Waals surface area contributed by atoms with Crippen molar-refractivity contribution in [1.82, 2.24) is 10.3 Å². The number of carbonyl (C=O) groups is 1. The first-order chi connectivity index (χ1) is 14.3. The summed E-state index contributed by atoms with van der Waals surface area (Å²) in [4.78, 5) is 17.6. The van der Waals surface area contributed by atoms with Crippen LogP contribution < -0.4 is 10.6 Å². The predicted octanol–water partition coefficient (Wildman–Crippen LogP) is 4.19.